The molecule has 0 aliphatic carbocycles. The Bertz CT molecular complexity index is 1080. The number of benzene rings is 1. The second-order valence-corrected chi connectivity index (χ2v) is 7.99. The van der Waals surface area contributed by atoms with Crippen molar-refractivity contribution in [3.8, 4) is 0 Å². The van der Waals surface area contributed by atoms with E-state index >= 15 is 0 Å². The predicted octanol–water partition coefficient (Wildman–Crippen LogP) is 2.71. The van der Waals surface area contributed by atoms with Crippen LogP contribution in [0, 0.1) is 0 Å². The highest BCUT2D eigenvalue weighted by atomic mass is 32.1. The van der Waals surface area contributed by atoms with Gasteiger partial charge in [0, 0.05) is 22.3 Å². The van der Waals surface area contributed by atoms with Crippen LogP contribution < -0.4 is 0 Å². The predicted molar refractivity (Wildman–Crippen MR) is 105 cm³/mol. The summed E-state index contributed by atoms with van der Waals surface area (Å²) in [5.41, 5.74) is 1.86. The number of aromatic amines is 1. The van der Waals surface area contributed by atoms with Gasteiger partial charge < -0.3 is 9.88 Å². The average molecular weight is 378 g/mol. The molecule has 1 aromatic carbocycles. The number of fused-ring (bicyclic) bond motifs is 5. The quantitative estimate of drug-likeness (QED) is 0.697. The van der Waals surface area contributed by atoms with Crippen LogP contribution in [-0.2, 0) is 21.5 Å². The molecular formula is C20H18N4O2S. The molecule has 0 bridgehead atoms. The fraction of sp³-hybridized carbons (Fsp3) is 0.250. The van der Waals surface area contributed by atoms with Crippen molar-refractivity contribution in [1.29, 1.82) is 0 Å². The molecular weight excluding hydrogens is 360 g/mol. The van der Waals surface area contributed by atoms with Crippen LogP contribution in [0.3, 0.4) is 0 Å². The van der Waals surface area contributed by atoms with Crippen molar-refractivity contribution in [3.63, 3.8) is 0 Å². The first-order valence-corrected chi connectivity index (χ1v) is 9.77. The second-order valence-electron chi connectivity index (χ2n) is 7.01. The molecule has 27 heavy (non-hydrogen) atoms. The Kier molecular flexibility index (Phi) is 3.48. The molecule has 136 valence electrons. The number of aromatic nitrogens is 1. The number of nitrogens with zero attached hydrogens (tertiary/aromatic N) is 3. The Balaban J connectivity index is 1.61. The summed E-state index contributed by atoms with van der Waals surface area (Å²) in [5, 5.41) is 8.70. The maximum atomic E-state index is 13.4. The number of hydrazone groups is 1. The first-order chi connectivity index (χ1) is 13.1. The number of amides is 2. The minimum Gasteiger partial charge on any atom is -0.356 e. The van der Waals surface area contributed by atoms with Gasteiger partial charge in [-0.15, -0.1) is 11.3 Å². The number of thiophene rings is 1. The van der Waals surface area contributed by atoms with Crippen LogP contribution in [0.4, 0.5) is 0 Å². The number of rotatable bonds is 2. The molecule has 7 heteroatoms. The molecule has 1 fully saturated rings. The SMILES string of the molecule is CC12C(=O)N(N=Cc3cccs3)CC(=O)N1CCc1c2[nH]c2ccccc12. The van der Waals surface area contributed by atoms with Crippen molar-refractivity contribution in [1.82, 2.24) is 14.9 Å². The van der Waals surface area contributed by atoms with E-state index in [9.17, 15) is 9.59 Å². The number of hydrogen-bond donors (Lipinski definition) is 1. The van der Waals surface area contributed by atoms with Gasteiger partial charge in [-0.05, 0) is 36.4 Å². The van der Waals surface area contributed by atoms with E-state index in [1.54, 1.807) is 11.1 Å². The number of piperazine rings is 1. The van der Waals surface area contributed by atoms with Crippen molar-refractivity contribution in [2.24, 2.45) is 5.10 Å². The molecule has 2 aromatic heterocycles. The molecule has 3 aromatic rings. The van der Waals surface area contributed by atoms with E-state index in [2.05, 4.69) is 16.2 Å². The van der Waals surface area contributed by atoms with Crippen LogP contribution in [0.15, 0.2) is 46.9 Å². The molecule has 4 heterocycles. The first kappa shape index (κ1) is 16.3. The fourth-order valence-electron chi connectivity index (χ4n) is 4.18. The van der Waals surface area contributed by atoms with Crippen molar-refractivity contribution < 1.29 is 9.59 Å². The topological polar surface area (TPSA) is 68.8 Å². The smallest absolute Gasteiger partial charge is 0.275 e. The third-order valence-electron chi connectivity index (χ3n) is 5.53. The van der Waals surface area contributed by atoms with Crippen LogP contribution in [0.2, 0.25) is 0 Å². The van der Waals surface area contributed by atoms with Crippen molar-refractivity contribution in [2.75, 3.05) is 13.1 Å². The lowest BCUT2D eigenvalue weighted by Crippen LogP contribution is -2.65. The van der Waals surface area contributed by atoms with Crippen molar-refractivity contribution in [2.45, 2.75) is 18.9 Å². The van der Waals surface area contributed by atoms with Gasteiger partial charge in [0.05, 0.1) is 11.9 Å². The number of carbonyl (C=O) groups is 2. The van der Waals surface area contributed by atoms with Crippen LogP contribution in [-0.4, -0.2) is 46.0 Å². The van der Waals surface area contributed by atoms with Crippen LogP contribution >= 0.6 is 11.3 Å². The summed E-state index contributed by atoms with van der Waals surface area (Å²) in [6.07, 6.45) is 2.39. The molecule has 1 N–H and O–H groups in total. The number of carbonyl (C=O) groups excluding carboxylic acids is 2. The number of nitrogens with one attached hydrogen (secondary N) is 1. The molecule has 1 atom stereocenters. The summed E-state index contributed by atoms with van der Waals surface area (Å²) >= 11 is 1.54. The van der Waals surface area contributed by atoms with E-state index in [1.165, 1.54) is 16.3 Å². The van der Waals surface area contributed by atoms with Crippen LogP contribution in [0.5, 0.6) is 0 Å². The Morgan fingerprint density at radius 1 is 1.22 bits per heavy atom. The Labute approximate surface area is 160 Å². The minimum atomic E-state index is -1.06. The minimum absolute atomic E-state index is 0.0220. The van der Waals surface area contributed by atoms with Crippen LogP contribution in [0.25, 0.3) is 10.9 Å². The van der Waals surface area contributed by atoms with Gasteiger partial charge in [0.15, 0.2) is 5.54 Å². The van der Waals surface area contributed by atoms with E-state index in [0.717, 1.165) is 33.5 Å². The van der Waals surface area contributed by atoms with E-state index in [0.29, 0.717) is 6.54 Å². The van der Waals surface area contributed by atoms with E-state index < -0.39 is 5.54 Å². The number of H-pyrrole nitrogens is 1. The lowest BCUT2D eigenvalue weighted by molar-refractivity contribution is -0.165. The molecule has 6 nitrogen and oxygen atoms in total. The van der Waals surface area contributed by atoms with Gasteiger partial charge in [-0.25, -0.2) is 5.01 Å². The molecule has 0 spiro atoms. The summed E-state index contributed by atoms with van der Waals surface area (Å²) in [4.78, 5) is 32.3. The molecule has 1 unspecified atom stereocenters. The Hall–Kier alpha value is -2.93. The third kappa shape index (κ3) is 2.28. The fourth-order valence-corrected chi connectivity index (χ4v) is 4.75. The van der Waals surface area contributed by atoms with Crippen molar-refractivity contribution in [3.05, 3.63) is 57.9 Å². The van der Waals surface area contributed by atoms with Gasteiger partial charge in [0.2, 0.25) is 5.91 Å². The lowest BCUT2D eigenvalue weighted by atomic mass is 9.83. The zero-order valence-electron chi connectivity index (χ0n) is 14.8. The molecule has 1 saturated heterocycles. The van der Waals surface area contributed by atoms with E-state index in [-0.39, 0.29) is 18.4 Å². The van der Waals surface area contributed by atoms with Crippen molar-refractivity contribution >= 4 is 40.3 Å². The average Bonchev–Trinajstić information content (AvgIpc) is 3.32. The summed E-state index contributed by atoms with van der Waals surface area (Å²) < 4.78 is 0. The number of para-hydroxylation sites is 1. The van der Waals surface area contributed by atoms with Gasteiger partial charge in [0.25, 0.3) is 5.91 Å². The largest absolute Gasteiger partial charge is 0.356 e. The third-order valence-corrected chi connectivity index (χ3v) is 6.34. The summed E-state index contributed by atoms with van der Waals surface area (Å²) in [6, 6.07) is 11.9. The Morgan fingerprint density at radius 2 is 2.07 bits per heavy atom. The summed E-state index contributed by atoms with van der Waals surface area (Å²) in [6.45, 7) is 2.34. The Morgan fingerprint density at radius 3 is 2.89 bits per heavy atom. The summed E-state index contributed by atoms with van der Waals surface area (Å²) in [5.74, 6) is -0.257. The molecule has 2 aliphatic heterocycles. The second kappa shape index (κ2) is 5.79. The zero-order valence-corrected chi connectivity index (χ0v) is 15.6. The summed E-state index contributed by atoms with van der Waals surface area (Å²) in [7, 11) is 0. The maximum absolute atomic E-state index is 13.4. The molecule has 0 saturated carbocycles. The van der Waals surface area contributed by atoms with Gasteiger partial charge in [-0.3, -0.25) is 9.59 Å². The zero-order chi connectivity index (χ0) is 18.6. The highest BCUT2D eigenvalue weighted by Crippen LogP contribution is 2.41. The van der Waals surface area contributed by atoms with E-state index in [4.69, 9.17) is 0 Å². The molecule has 0 radical (unpaired) electrons. The van der Waals surface area contributed by atoms with Gasteiger partial charge in [0.1, 0.15) is 6.54 Å². The van der Waals surface area contributed by atoms with Gasteiger partial charge in [-0.2, -0.15) is 5.10 Å². The normalized spacial score (nSPS) is 22.6. The van der Waals surface area contributed by atoms with Gasteiger partial charge in [-0.1, -0.05) is 24.3 Å². The maximum Gasteiger partial charge on any atom is 0.275 e. The monoisotopic (exact) mass is 378 g/mol. The highest BCUT2D eigenvalue weighted by Gasteiger charge is 2.54. The number of hydrogen-bond acceptors (Lipinski definition) is 4. The molecule has 5 rings (SSSR count). The first-order valence-electron chi connectivity index (χ1n) is 8.89. The molecule has 2 aliphatic rings. The lowest BCUT2D eigenvalue weighted by Gasteiger charge is -2.48. The van der Waals surface area contributed by atoms with Crippen LogP contribution in [0.1, 0.15) is 23.1 Å². The highest BCUT2D eigenvalue weighted by molar-refractivity contribution is 7.11. The van der Waals surface area contributed by atoms with Gasteiger partial charge >= 0.3 is 0 Å². The van der Waals surface area contributed by atoms with E-state index in [1.807, 2.05) is 42.6 Å². The molecule has 2 amide bonds. The standard InChI is InChI=1S/C20H18N4O2S/c1-20-18-15(14-6-2-3-7-16(14)22-18)8-9-23(20)17(25)12-24(19(20)26)21-11-13-5-4-10-27-13/h2-7,10-11,22H,8-9,12H2,1H3.